The summed E-state index contributed by atoms with van der Waals surface area (Å²) in [6.45, 7) is 11.6. The minimum Gasteiger partial charge on any atom is -0.446 e. The number of aromatic nitrogens is 2. The summed E-state index contributed by atoms with van der Waals surface area (Å²) in [4.78, 5) is 37.7. The van der Waals surface area contributed by atoms with E-state index in [-0.39, 0.29) is 29.5 Å². The molecule has 2 aromatic heterocycles. The summed E-state index contributed by atoms with van der Waals surface area (Å²) in [5.41, 5.74) is 3.30. The third-order valence-corrected chi connectivity index (χ3v) is 8.56. The topological polar surface area (TPSA) is 121 Å². The van der Waals surface area contributed by atoms with E-state index < -0.39 is 17.6 Å². The molecule has 45 heavy (non-hydrogen) atoms. The minimum atomic E-state index is -1.14. The lowest BCUT2D eigenvalue weighted by Crippen LogP contribution is -2.55. The van der Waals surface area contributed by atoms with Crippen molar-refractivity contribution in [3.8, 4) is 0 Å². The predicted octanol–water partition coefficient (Wildman–Crippen LogP) is 5.45. The molecule has 0 bridgehead atoms. The summed E-state index contributed by atoms with van der Waals surface area (Å²) in [5.74, 6) is -0.161. The number of amides is 2. The highest BCUT2D eigenvalue weighted by Gasteiger charge is 2.37. The smallest absolute Gasteiger partial charge is 0.256 e. The van der Waals surface area contributed by atoms with E-state index in [4.69, 9.17) is 4.42 Å². The lowest BCUT2D eigenvalue weighted by Gasteiger charge is -2.36. The summed E-state index contributed by atoms with van der Waals surface area (Å²) >= 11 is 0. The Kier molecular flexibility index (Phi) is 9.51. The van der Waals surface area contributed by atoms with Gasteiger partial charge in [0.15, 0.2) is 0 Å². The van der Waals surface area contributed by atoms with E-state index in [1.807, 2.05) is 50.2 Å². The molecule has 1 fully saturated rings. The molecule has 3 N–H and O–H groups in total. The normalized spacial score (nSPS) is 17.1. The second-order valence-electron chi connectivity index (χ2n) is 13.1. The van der Waals surface area contributed by atoms with Gasteiger partial charge in [0.05, 0.1) is 28.5 Å². The van der Waals surface area contributed by atoms with Crippen molar-refractivity contribution in [2.24, 2.45) is 0 Å². The molecular weight excluding hydrogens is 566 g/mol. The van der Waals surface area contributed by atoms with Crippen LogP contribution in [0.3, 0.4) is 0 Å². The number of aliphatic hydroxyl groups excluding tert-OH is 1. The first-order valence-electron chi connectivity index (χ1n) is 15.5. The number of hydrogen-bond acceptors (Lipinski definition) is 7. The average molecular weight is 610 g/mol. The lowest BCUT2D eigenvalue weighted by molar-refractivity contribution is 0.0554. The molecule has 4 aromatic rings. The number of hydrogen-bond donors (Lipinski definition) is 3. The van der Waals surface area contributed by atoms with Crippen LogP contribution >= 0.6 is 0 Å². The maximum atomic E-state index is 13.7. The zero-order chi connectivity index (χ0) is 32.2. The van der Waals surface area contributed by atoms with Gasteiger partial charge in [0.25, 0.3) is 11.8 Å². The molecule has 1 aliphatic heterocycles. The number of oxazole rings is 1. The molecule has 3 atom stereocenters. The highest BCUT2D eigenvalue weighted by molar-refractivity contribution is 5.99. The van der Waals surface area contributed by atoms with Gasteiger partial charge in [-0.1, -0.05) is 75.4 Å². The van der Waals surface area contributed by atoms with Gasteiger partial charge < -0.3 is 25.1 Å². The molecule has 1 saturated heterocycles. The molecule has 0 aliphatic carbocycles. The number of benzene rings is 2. The fourth-order valence-corrected chi connectivity index (χ4v) is 5.78. The molecule has 0 spiro atoms. The van der Waals surface area contributed by atoms with Crippen molar-refractivity contribution >= 4 is 11.8 Å². The van der Waals surface area contributed by atoms with Crippen LogP contribution in [0.4, 0.5) is 0 Å². The molecule has 0 unspecified atom stereocenters. The van der Waals surface area contributed by atoms with Gasteiger partial charge in [-0.15, -0.1) is 0 Å². The van der Waals surface area contributed by atoms with Gasteiger partial charge >= 0.3 is 0 Å². The number of nitrogens with one attached hydrogen (secondary N) is 2. The maximum Gasteiger partial charge on any atom is 0.256 e. The summed E-state index contributed by atoms with van der Waals surface area (Å²) < 4.78 is 5.60. The molecule has 9 nitrogen and oxygen atoms in total. The molecule has 236 valence electrons. The van der Waals surface area contributed by atoms with Crippen molar-refractivity contribution in [1.29, 1.82) is 0 Å². The molecular formula is C36H43N5O4. The number of rotatable bonds is 10. The quantitative estimate of drug-likeness (QED) is 0.219. The molecule has 1 aliphatic rings. The third-order valence-electron chi connectivity index (χ3n) is 8.56. The molecule has 0 saturated carbocycles. The van der Waals surface area contributed by atoms with Crippen LogP contribution in [0.25, 0.3) is 0 Å². The fraction of sp³-hybridized carbons (Fsp3) is 0.389. The Bertz CT molecular complexity index is 1630. The molecule has 9 heteroatoms. The Labute approximate surface area is 265 Å². The van der Waals surface area contributed by atoms with Crippen molar-refractivity contribution in [2.45, 2.75) is 77.1 Å². The van der Waals surface area contributed by atoms with E-state index in [2.05, 4.69) is 59.6 Å². The molecule has 5 rings (SSSR count). The molecule has 3 heterocycles. The monoisotopic (exact) mass is 609 g/mol. The van der Waals surface area contributed by atoms with E-state index >= 15 is 0 Å². The van der Waals surface area contributed by atoms with E-state index in [0.717, 1.165) is 29.7 Å². The van der Waals surface area contributed by atoms with Crippen LogP contribution in [-0.2, 0) is 17.5 Å². The zero-order valence-electron chi connectivity index (χ0n) is 26.7. The minimum absolute atomic E-state index is 0.0361. The van der Waals surface area contributed by atoms with E-state index in [1.165, 1.54) is 18.0 Å². The van der Waals surface area contributed by atoms with Gasteiger partial charge in [-0.2, -0.15) is 0 Å². The van der Waals surface area contributed by atoms with Gasteiger partial charge in [0.1, 0.15) is 12.3 Å². The van der Waals surface area contributed by atoms with E-state index in [9.17, 15) is 14.7 Å². The number of carbonyl (C=O) groups excluding carboxylic acids is 2. The van der Waals surface area contributed by atoms with E-state index in [0.29, 0.717) is 24.5 Å². The number of carbonyl (C=O) groups is 2. The zero-order valence-corrected chi connectivity index (χ0v) is 26.7. The van der Waals surface area contributed by atoms with Gasteiger partial charge in [-0.05, 0) is 54.9 Å². The first-order chi connectivity index (χ1) is 21.5. The number of aliphatic hydroxyl groups is 1. The van der Waals surface area contributed by atoms with Crippen LogP contribution in [-0.4, -0.2) is 51.0 Å². The standard InChI is InChI=1S/C36H43N5O4/c1-24-23-45-33(39-24)30-15-10-16-41(30)34(44)27-18-26(20-38-21-27)32(43)40-36(5,28-12-7-6-8-13-28)31(42)22-37-19-25-11-9-14-29(17-25)35(2,3)4/h6-9,11-14,17-18,20-21,23,30-31,37,42H,10,15-16,19,22H2,1-5H3,(H,40,43)/t30-,31-,36+/m1/s1. The number of aryl methyl sites for hydroxylation is 1. The first-order valence-corrected chi connectivity index (χ1v) is 15.5. The Hall–Kier alpha value is -4.34. The van der Waals surface area contributed by atoms with Gasteiger partial charge in [-0.3, -0.25) is 14.6 Å². The van der Waals surface area contributed by atoms with Crippen LogP contribution in [0, 0.1) is 6.92 Å². The average Bonchev–Trinajstić information content (AvgIpc) is 3.70. The number of likely N-dealkylation sites (tertiary alicyclic amines) is 1. The Balaban J connectivity index is 1.31. The largest absolute Gasteiger partial charge is 0.446 e. The van der Waals surface area contributed by atoms with Crippen LogP contribution in [0.5, 0.6) is 0 Å². The summed E-state index contributed by atoms with van der Waals surface area (Å²) in [5, 5.41) is 18.0. The lowest BCUT2D eigenvalue weighted by atomic mass is 9.85. The second kappa shape index (κ2) is 13.3. The highest BCUT2D eigenvalue weighted by atomic mass is 16.3. The van der Waals surface area contributed by atoms with Gasteiger partial charge in [0.2, 0.25) is 5.89 Å². The summed E-state index contributed by atoms with van der Waals surface area (Å²) in [6, 6.07) is 19.1. The number of pyridine rings is 1. The Morgan fingerprint density at radius 2 is 1.76 bits per heavy atom. The Morgan fingerprint density at radius 1 is 1.02 bits per heavy atom. The maximum absolute atomic E-state index is 13.7. The summed E-state index contributed by atoms with van der Waals surface area (Å²) in [6.07, 6.45) is 5.10. The summed E-state index contributed by atoms with van der Waals surface area (Å²) in [7, 11) is 0. The second-order valence-corrected chi connectivity index (χ2v) is 13.1. The molecule has 0 radical (unpaired) electrons. The van der Waals surface area contributed by atoms with Crippen molar-refractivity contribution in [1.82, 2.24) is 25.5 Å². The number of nitrogens with zero attached hydrogens (tertiary/aromatic N) is 3. The predicted molar refractivity (Wildman–Crippen MR) is 173 cm³/mol. The molecule has 2 amide bonds. The van der Waals surface area contributed by atoms with Crippen LogP contribution in [0.2, 0.25) is 0 Å². The van der Waals surface area contributed by atoms with Crippen molar-refractivity contribution in [3.63, 3.8) is 0 Å². The van der Waals surface area contributed by atoms with Crippen LogP contribution < -0.4 is 10.6 Å². The highest BCUT2D eigenvalue weighted by Crippen LogP contribution is 2.33. The van der Waals surface area contributed by atoms with E-state index in [1.54, 1.807) is 17.2 Å². The first kappa shape index (κ1) is 32.1. The Morgan fingerprint density at radius 3 is 2.47 bits per heavy atom. The van der Waals surface area contributed by atoms with Gasteiger partial charge in [-0.25, -0.2) is 4.98 Å². The van der Waals surface area contributed by atoms with Crippen LogP contribution in [0.15, 0.2) is 83.7 Å². The molecule has 2 aromatic carbocycles. The van der Waals surface area contributed by atoms with Gasteiger partial charge in [0, 0.05) is 32.0 Å². The third kappa shape index (κ3) is 7.32. The fourth-order valence-electron chi connectivity index (χ4n) is 5.78. The van der Waals surface area contributed by atoms with Crippen LogP contribution in [0.1, 0.15) is 95.6 Å². The van der Waals surface area contributed by atoms with Crippen molar-refractivity contribution < 1.29 is 19.1 Å². The van der Waals surface area contributed by atoms with Crippen molar-refractivity contribution in [3.05, 3.63) is 119 Å². The van der Waals surface area contributed by atoms with Crippen molar-refractivity contribution in [2.75, 3.05) is 13.1 Å². The SMILES string of the molecule is Cc1coc([C@H]2CCCN2C(=O)c2cncc(C(=O)N[C@@](C)(c3ccccc3)[C@H](O)CNCc3cccc(C(C)(C)C)c3)c2)n1.